The molecule has 0 radical (unpaired) electrons. The van der Waals surface area contributed by atoms with Crippen molar-refractivity contribution in [3.05, 3.63) is 66.0 Å². The lowest BCUT2D eigenvalue weighted by atomic mass is 9.98. The number of nitrogens with zero attached hydrogens (tertiary/aromatic N) is 1. The molecule has 0 unspecified atom stereocenters. The van der Waals surface area contributed by atoms with E-state index in [0.717, 1.165) is 34.1 Å². The number of sulfonamides is 1. The normalized spacial score (nSPS) is 14.6. The number of benzene rings is 2. The molecule has 0 saturated heterocycles. The summed E-state index contributed by atoms with van der Waals surface area (Å²) in [6, 6.07) is 4.29. The highest BCUT2D eigenvalue weighted by Crippen LogP contribution is 2.20. The molecule has 23 nitrogen and oxygen atoms in total. The summed E-state index contributed by atoms with van der Waals surface area (Å²) in [6.45, 7) is 14.6. The Kier molecular flexibility index (Phi) is 34.1. The van der Waals surface area contributed by atoms with Crippen LogP contribution in [-0.2, 0) is 54.8 Å². The van der Waals surface area contributed by atoms with Crippen LogP contribution in [-0.4, -0.2) is 141 Å². The molecule has 8 atom stereocenters. The van der Waals surface area contributed by atoms with Crippen LogP contribution in [0.4, 0.5) is 4.39 Å². The number of nitrogens with one attached hydrogen (secondary N) is 7. The van der Waals surface area contributed by atoms with E-state index in [0.29, 0.717) is 45.1 Å². The van der Waals surface area contributed by atoms with Crippen molar-refractivity contribution in [3.63, 3.8) is 0 Å². The lowest BCUT2D eigenvalue weighted by Gasteiger charge is -2.30. The van der Waals surface area contributed by atoms with Gasteiger partial charge in [0.1, 0.15) is 42.1 Å². The minimum Gasteiger partial charge on any atom is -0.369 e. The summed E-state index contributed by atoms with van der Waals surface area (Å²) >= 11 is 0. The van der Waals surface area contributed by atoms with Crippen molar-refractivity contribution in [1.29, 1.82) is 0 Å². The fraction of sp³-hybridized carbons (Fsp3) is 0.661. The molecule has 0 aliphatic carbocycles. The van der Waals surface area contributed by atoms with E-state index in [-0.39, 0.29) is 93.0 Å². The smallest absolute Gasteiger partial charge is 0.243 e. The molecule has 0 fully saturated rings. The molecule has 0 aliphatic rings. The van der Waals surface area contributed by atoms with Crippen molar-refractivity contribution < 1.29 is 51.2 Å². The third kappa shape index (κ3) is 28.2. The molecule has 0 bridgehead atoms. The highest BCUT2D eigenvalue weighted by molar-refractivity contribution is 7.89. The Hall–Kier alpha value is -6.12. The molecule has 0 saturated carbocycles. The van der Waals surface area contributed by atoms with Crippen LogP contribution in [0.1, 0.15) is 144 Å². The lowest BCUT2D eigenvalue weighted by Crippen LogP contribution is -2.60. The van der Waals surface area contributed by atoms with E-state index in [1.165, 1.54) is 0 Å². The quantitative estimate of drug-likeness (QED) is 0.0422. The molecular weight excluding hydrogens is 1100 g/mol. The van der Waals surface area contributed by atoms with Crippen LogP contribution in [0.15, 0.2) is 59.5 Å². The predicted octanol–water partition coefficient (Wildman–Crippen LogP) is 1.84. The molecule has 25 heteroatoms. The molecule has 2 rings (SSSR count). The molecule has 0 aliphatic heterocycles. The number of halogens is 1. The Labute approximate surface area is 497 Å². The molecular formula is C59H100FN13O10S. The summed E-state index contributed by atoms with van der Waals surface area (Å²) < 4.78 is 42.3. The average Bonchev–Trinajstić information content (AvgIpc) is 3.60. The summed E-state index contributed by atoms with van der Waals surface area (Å²) in [5, 5.41) is 19.7. The van der Waals surface area contributed by atoms with E-state index in [4.69, 9.17) is 28.7 Å². The number of nitrogens with two attached hydrogens (primary N) is 5. The second-order valence-electron chi connectivity index (χ2n) is 23.5. The fourth-order valence-corrected chi connectivity index (χ4v) is 10.9. The van der Waals surface area contributed by atoms with Crippen molar-refractivity contribution in [2.45, 2.75) is 199 Å². The highest BCUT2D eigenvalue weighted by atomic mass is 32.2. The molecule has 0 aromatic heterocycles. The van der Waals surface area contributed by atoms with Crippen molar-refractivity contribution in [2.24, 2.45) is 52.3 Å². The van der Waals surface area contributed by atoms with Gasteiger partial charge in [0.15, 0.2) is 0 Å². The largest absolute Gasteiger partial charge is 0.369 e. The van der Waals surface area contributed by atoms with E-state index >= 15 is 0 Å². The number of unbranched alkanes of at least 4 members (excludes halogenated alkanes) is 3. The maximum Gasteiger partial charge on any atom is 0.243 e. The number of carbonyl (C=O) groups is 8. The number of hydrogen-bond acceptors (Lipinski definition) is 14. The van der Waals surface area contributed by atoms with Gasteiger partial charge in [-0.05, 0) is 163 Å². The van der Waals surface area contributed by atoms with Gasteiger partial charge in [0.05, 0.1) is 17.5 Å². The molecule has 84 heavy (non-hydrogen) atoms. The Morgan fingerprint density at radius 1 is 0.476 bits per heavy atom. The van der Waals surface area contributed by atoms with Gasteiger partial charge in [-0.3, -0.25) is 38.4 Å². The van der Waals surface area contributed by atoms with Crippen LogP contribution in [0.25, 0.3) is 0 Å². The second-order valence-corrected chi connectivity index (χ2v) is 25.4. The van der Waals surface area contributed by atoms with E-state index in [2.05, 4.69) is 37.2 Å². The van der Waals surface area contributed by atoms with Crippen molar-refractivity contribution in [3.8, 4) is 0 Å². The maximum atomic E-state index is 14.5. The summed E-state index contributed by atoms with van der Waals surface area (Å²) in [5.41, 5.74) is 30.1. The van der Waals surface area contributed by atoms with Gasteiger partial charge in [-0.15, -0.1) is 0 Å². The molecule has 8 amide bonds. The average molecular weight is 1200 g/mol. The standard InChI is InChI=1S/C59H100FN13O10S/c1-37(2)30-43(35-73(36-52(65)74)84(82,83)44-25-23-42(60)24-26-44)66-54(76)46(20-12-15-27-61)67-55(77)47(21-13-16-28-62)68-58(80)50(32-39(5)6)72-59(81)51(33-40(7)8)71-56(78)48(22-14-17-29-63)69-57(79)49(31-38(3)4)70-53(75)45(64)34-41-18-10-9-11-19-41/h9-11,18-19,23-26,37-40,43,45-51H,12-17,20-22,27-36,61-64H2,1-8H3,(H2,65,74)(H,66,76)(H,67,77)(H,68,80)(H,69,79)(H,70,75)(H,71,78)(H,72,81)/t43-,45-,46-,47-,48-,49-,50-,51-/m0/s1. The van der Waals surface area contributed by atoms with Crippen LogP contribution in [0.3, 0.4) is 0 Å². The first-order valence-electron chi connectivity index (χ1n) is 29.7. The monoisotopic (exact) mass is 1200 g/mol. The number of hydrogen-bond donors (Lipinski definition) is 12. The predicted molar refractivity (Wildman–Crippen MR) is 323 cm³/mol. The van der Waals surface area contributed by atoms with Gasteiger partial charge in [0, 0.05) is 12.6 Å². The fourth-order valence-electron chi connectivity index (χ4n) is 9.47. The number of rotatable bonds is 42. The zero-order valence-electron chi connectivity index (χ0n) is 50.8. The SMILES string of the molecule is CC(C)C[C@@H](CN(CC(N)=O)S(=O)(=O)c1ccc(F)cc1)NC(=O)[C@H](CCCCN)NC(=O)[C@H](CCCCN)NC(=O)[C@H](CC(C)C)NC(=O)[C@H](CC(C)C)NC(=O)[C@H](CCCCN)NC(=O)[C@H](CC(C)C)NC(=O)[C@@H](N)Cc1ccccc1. The third-order valence-electron chi connectivity index (χ3n) is 13.7. The van der Waals surface area contributed by atoms with Gasteiger partial charge in [-0.1, -0.05) is 85.7 Å². The maximum absolute atomic E-state index is 14.5. The zero-order chi connectivity index (χ0) is 63.1. The Bertz CT molecular complexity index is 2470. The first kappa shape index (κ1) is 74.0. The van der Waals surface area contributed by atoms with E-state index in [9.17, 15) is 51.2 Å². The second kappa shape index (κ2) is 38.8. The minimum atomic E-state index is -4.43. The van der Waals surface area contributed by atoms with Gasteiger partial charge in [0.25, 0.3) is 0 Å². The molecule has 0 spiro atoms. The van der Waals surface area contributed by atoms with Crippen LogP contribution >= 0.6 is 0 Å². The van der Waals surface area contributed by atoms with Crippen molar-refractivity contribution >= 4 is 57.3 Å². The Morgan fingerprint density at radius 2 is 0.821 bits per heavy atom. The van der Waals surface area contributed by atoms with Gasteiger partial charge >= 0.3 is 0 Å². The summed E-state index contributed by atoms with van der Waals surface area (Å²) in [4.78, 5) is 111. The van der Waals surface area contributed by atoms with E-state index < -0.39 is 125 Å². The Balaban J connectivity index is 2.45. The molecule has 17 N–H and O–H groups in total. The molecule has 2 aromatic rings. The zero-order valence-corrected chi connectivity index (χ0v) is 51.6. The first-order valence-corrected chi connectivity index (χ1v) is 31.1. The van der Waals surface area contributed by atoms with Crippen LogP contribution in [0.5, 0.6) is 0 Å². The Morgan fingerprint density at radius 3 is 1.18 bits per heavy atom. The third-order valence-corrected chi connectivity index (χ3v) is 15.5. The van der Waals surface area contributed by atoms with E-state index in [1.807, 2.05) is 85.7 Å². The van der Waals surface area contributed by atoms with Crippen LogP contribution in [0.2, 0.25) is 0 Å². The minimum absolute atomic E-state index is 0.0436. The summed E-state index contributed by atoms with van der Waals surface area (Å²) in [5.74, 6) is -6.76. The molecule has 0 heterocycles. The van der Waals surface area contributed by atoms with Crippen LogP contribution in [0, 0.1) is 29.5 Å². The van der Waals surface area contributed by atoms with Crippen LogP contribution < -0.4 is 65.9 Å². The van der Waals surface area contributed by atoms with Gasteiger partial charge in [-0.25, -0.2) is 12.8 Å². The number of primary amides is 1. The first-order chi connectivity index (χ1) is 39.6. The van der Waals surface area contributed by atoms with Gasteiger partial charge in [0.2, 0.25) is 57.3 Å². The summed E-state index contributed by atoms with van der Waals surface area (Å²) in [7, 11) is -4.43. The van der Waals surface area contributed by atoms with E-state index in [1.54, 1.807) is 0 Å². The highest BCUT2D eigenvalue weighted by Gasteiger charge is 2.36. The van der Waals surface area contributed by atoms with Gasteiger partial charge in [-0.2, -0.15) is 4.31 Å². The number of carbonyl (C=O) groups excluding carboxylic acids is 8. The van der Waals surface area contributed by atoms with Gasteiger partial charge < -0.3 is 65.9 Å². The number of amides is 8. The molecule has 474 valence electrons. The van der Waals surface area contributed by atoms with Crippen molar-refractivity contribution in [2.75, 3.05) is 32.7 Å². The van der Waals surface area contributed by atoms with Crippen molar-refractivity contribution in [1.82, 2.24) is 41.5 Å². The topological polar surface area (TPSA) is 388 Å². The lowest BCUT2D eigenvalue weighted by molar-refractivity contribution is -0.136. The molecule has 2 aromatic carbocycles. The summed E-state index contributed by atoms with van der Waals surface area (Å²) in [6.07, 6.45) is 3.97.